The van der Waals surface area contributed by atoms with E-state index in [-0.39, 0.29) is 5.69 Å². The van der Waals surface area contributed by atoms with Gasteiger partial charge in [-0.3, -0.25) is 10.1 Å². The molecule has 1 unspecified atom stereocenters. The highest BCUT2D eigenvalue weighted by molar-refractivity contribution is 6.20. The number of halogens is 3. The van der Waals surface area contributed by atoms with Crippen molar-refractivity contribution in [3.8, 4) is 5.69 Å². The predicted octanol–water partition coefficient (Wildman–Crippen LogP) is 2.75. The Hall–Kier alpha value is -2.09. The van der Waals surface area contributed by atoms with E-state index in [1.165, 1.54) is 6.20 Å². The number of hydrogen-bond donors (Lipinski definition) is 0. The van der Waals surface area contributed by atoms with Crippen molar-refractivity contribution in [3.63, 3.8) is 0 Å². The van der Waals surface area contributed by atoms with Gasteiger partial charge in [-0.25, -0.2) is 9.07 Å². The molecule has 1 heterocycles. The molecule has 19 heavy (non-hydrogen) atoms. The van der Waals surface area contributed by atoms with Crippen molar-refractivity contribution in [2.24, 2.45) is 0 Å². The summed E-state index contributed by atoms with van der Waals surface area (Å²) < 4.78 is 27.8. The third-order valence-electron chi connectivity index (χ3n) is 2.38. The zero-order valence-corrected chi connectivity index (χ0v) is 10.3. The summed E-state index contributed by atoms with van der Waals surface area (Å²) in [5, 5.41) is 17.4. The first kappa shape index (κ1) is 13.3. The van der Waals surface area contributed by atoms with E-state index in [1.54, 1.807) is 6.92 Å². The maximum atomic E-state index is 13.6. The molecule has 2 aromatic rings. The zero-order valence-electron chi connectivity index (χ0n) is 9.55. The summed E-state index contributed by atoms with van der Waals surface area (Å²) in [6.07, 6.45) is 1.32. The normalized spacial score (nSPS) is 12.4. The molecule has 6 nitrogen and oxygen atoms in total. The van der Waals surface area contributed by atoms with Crippen LogP contribution in [0.5, 0.6) is 0 Å². The predicted molar refractivity (Wildman–Crippen MR) is 62.2 cm³/mol. The smallest absolute Gasteiger partial charge is 0.258 e. The van der Waals surface area contributed by atoms with Crippen molar-refractivity contribution >= 4 is 17.3 Å². The van der Waals surface area contributed by atoms with Gasteiger partial charge in [-0.2, -0.15) is 4.39 Å². The number of nitro benzene ring substituents is 1. The molecule has 100 valence electrons. The van der Waals surface area contributed by atoms with Crippen molar-refractivity contribution in [3.05, 3.63) is 45.8 Å². The fourth-order valence-electron chi connectivity index (χ4n) is 1.42. The van der Waals surface area contributed by atoms with Crippen LogP contribution in [0.3, 0.4) is 0 Å². The molecule has 0 saturated carbocycles. The van der Waals surface area contributed by atoms with E-state index in [9.17, 15) is 18.9 Å². The number of rotatable bonds is 3. The van der Waals surface area contributed by atoms with Gasteiger partial charge in [-0.05, 0) is 6.92 Å². The molecule has 0 N–H and O–H groups in total. The first-order valence-corrected chi connectivity index (χ1v) is 5.54. The second-order valence-electron chi connectivity index (χ2n) is 3.72. The monoisotopic (exact) mass is 288 g/mol. The van der Waals surface area contributed by atoms with Gasteiger partial charge in [0.2, 0.25) is 5.82 Å². The molecule has 0 aliphatic carbocycles. The van der Waals surface area contributed by atoms with E-state index in [1.807, 2.05) is 0 Å². The van der Waals surface area contributed by atoms with Crippen molar-refractivity contribution in [2.75, 3.05) is 0 Å². The number of nitrogens with zero attached hydrogens (tertiary/aromatic N) is 4. The molecule has 0 aliphatic heterocycles. The van der Waals surface area contributed by atoms with E-state index in [0.29, 0.717) is 11.8 Å². The lowest BCUT2D eigenvalue weighted by molar-refractivity contribution is -0.387. The van der Waals surface area contributed by atoms with Crippen LogP contribution in [-0.4, -0.2) is 19.9 Å². The molecular formula is C10H7ClF2N4O2. The second kappa shape index (κ2) is 4.88. The fourth-order valence-corrected chi connectivity index (χ4v) is 1.52. The van der Waals surface area contributed by atoms with Crippen molar-refractivity contribution in [1.29, 1.82) is 0 Å². The minimum Gasteiger partial charge on any atom is -0.258 e. The Balaban J connectivity index is 2.54. The Labute approximate surface area is 110 Å². The van der Waals surface area contributed by atoms with Gasteiger partial charge in [0.25, 0.3) is 0 Å². The van der Waals surface area contributed by atoms with Gasteiger partial charge in [0, 0.05) is 12.1 Å². The Kier molecular flexibility index (Phi) is 3.43. The van der Waals surface area contributed by atoms with Gasteiger partial charge in [-0.15, -0.1) is 16.7 Å². The molecular weight excluding hydrogens is 282 g/mol. The highest BCUT2D eigenvalue weighted by Gasteiger charge is 2.20. The summed E-state index contributed by atoms with van der Waals surface area (Å²) in [5.74, 6) is -2.24. The molecule has 2 rings (SSSR count). The molecule has 1 aromatic carbocycles. The zero-order chi connectivity index (χ0) is 14.2. The molecule has 0 fully saturated rings. The minimum atomic E-state index is -1.25. The minimum absolute atomic E-state index is 0.274. The first-order chi connectivity index (χ1) is 8.90. The van der Waals surface area contributed by atoms with Gasteiger partial charge in [0.15, 0.2) is 5.82 Å². The van der Waals surface area contributed by atoms with Crippen LogP contribution in [0.25, 0.3) is 5.69 Å². The number of benzene rings is 1. The van der Waals surface area contributed by atoms with Gasteiger partial charge < -0.3 is 0 Å². The third-order valence-corrected chi connectivity index (χ3v) is 2.60. The van der Waals surface area contributed by atoms with E-state index >= 15 is 0 Å². The van der Waals surface area contributed by atoms with Gasteiger partial charge >= 0.3 is 5.69 Å². The average Bonchev–Trinajstić information content (AvgIpc) is 2.77. The second-order valence-corrected chi connectivity index (χ2v) is 4.37. The number of alkyl halides is 1. The summed E-state index contributed by atoms with van der Waals surface area (Å²) in [7, 11) is 0. The number of nitro groups is 1. The number of aromatic nitrogens is 3. The molecule has 0 spiro atoms. The highest BCUT2D eigenvalue weighted by atomic mass is 35.5. The highest BCUT2D eigenvalue weighted by Crippen LogP contribution is 2.25. The summed E-state index contributed by atoms with van der Waals surface area (Å²) in [4.78, 5) is 9.66. The summed E-state index contributed by atoms with van der Waals surface area (Å²) in [5.41, 5.74) is -0.746. The first-order valence-electron chi connectivity index (χ1n) is 5.10. The van der Waals surface area contributed by atoms with E-state index in [4.69, 9.17) is 11.6 Å². The molecule has 9 heteroatoms. The maximum absolute atomic E-state index is 13.6. The lowest BCUT2D eigenvalue weighted by atomic mass is 10.2. The molecule has 0 bridgehead atoms. The van der Waals surface area contributed by atoms with Crippen LogP contribution in [-0.2, 0) is 0 Å². The molecule has 1 aromatic heterocycles. The summed E-state index contributed by atoms with van der Waals surface area (Å²) in [6.45, 7) is 1.64. The van der Waals surface area contributed by atoms with Crippen molar-refractivity contribution in [1.82, 2.24) is 15.0 Å². The van der Waals surface area contributed by atoms with Crippen LogP contribution in [0.1, 0.15) is 18.0 Å². The van der Waals surface area contributed by atoms with E-state index in [2.05, 4.69) is 10.3 Å². The lowest BCUT2D eigenvalue weighted by Gasteiger charge is -2.02. The van der Waals surface area contributed by atoms with Gasteiger partial charge in [0.05, 0.1) is 16.5 Å². The van der Waals surface area contributed by atoms with Crippen LogP contribution in [0.15, 0.2) is 18.3 Å². The largest absolute Gasteiger partial charge is 0.307 e. The SMILES string of the molecule is CC(Cl)c1cn(-c2cc([N+](=O)[O-])c(F)cc2F)nn1. The number of hydrogen-bond acceptors (Lipinski definition) is 4. The molecule has 0 radical (unpaired) electrons. The standard InChI is InChI=1S/C10H7ClF2N4O2/c1-5(11)8-4-16(15-14-8)9-3-10(17(18)19)7(13)2-6(9)12/h2-5H,1H3. The van der Waals surface area contributed by atoms with Crippen LogP contribution >= 0.6 is 11.6 Å². The van der Waals surface area contributed by atoms with Crippen LogP contribution in [0, 0.1) is 21.7 Å². The Morgan fingerprint density at radius 3 is 2.63 bits per heavy atom. The van der Waals surface area contributed by atoms with Gasteiger partial charge in [0.1, 0.15) is 11.4 Å². The lowest BCUT2D eigenvalue weighted by Crippen LogP contribution is -2.02. The average molecular weight is 289 g/mol. The quantitative estimate of drug-likeness (QED) is 0.494. The molecule has 1 atom stereocenters. The van der Waals surface area contributed by atoms with E-state index in [0.717, 1.165) is 10.7 Å². The van der Waals surface area contributed by atoms with Crippen molar-refractivity contribution in [2.45, 2.75) is 12.3 Å². The fraction of sp³-hybridized carbons (Fsp3) is 0.200. The third kappa shape index (κ3) is 2.53. The molecule has 0 saturated heterocycles. The maximum Gasteiger partial charge on any atom is 0.307 e. The van der Waals surface area contributed by atoms with Crippen LogP contribution < -0.4 is 0 Å². The summed E-state index contributed by atoms with van der Waals surface area (Å²) in [6, 6.07) is 1.18. The van der Waals surface area contributed by atoms with Gasteiger partial charge in [-0.1, -0.05) is 5.21 Å². The van der Waals surface area contributed by atoms with Crippen molar-refractivity contribution < 1.29 is 13.7 Å². The molecule has 0 amide bonds. The van der Waals surface area contributed by atoms with Crippen LogP contribution in [0.4, 0.5) is 14.5 Å². The Morgan fingerprint density at radius 2 is 2.11 bits per heavy atom. The topological polar surface area (TPSA) is 73.8 Å². The Bertz CT molecular complexity index is 644. The molecule has 0 aliphatic rings. The van der Waals surface area contributed by atoms with E-state index < -0.39 is 27.6 Å². The summed E-state index contributed by atoms with van der Waals surface area (Å²) >= 11 is 5.77. The Morgan fingerprint density at radius 1 is 1.42 bits per heavy atom. The van der Waals surface area contributed by atoms with Crippen LogP contribution in [0.2, 0.25) is 0 Å².